The van der Waals surface area contributed by atoms with E-state index in [0.717, 1.165) is 5.56 Å². The second-order valence-corrected chi connectivity index (χ2v) is 4.00. The van der Waals surface area contributed by atoms with Gasteiger partial charge in [0.05, 0.1) is 6.61 Å². The second-order valence-electron chi connectivity index (χ2n) is 4.00. The first-order chi connectivity index (χ1) is 8.18. The maximum absolute atomic E-state index is 11.6. The predicted molar refractivity (Wildman–Crippen MR) is 60.0 cm³/mol. The molecule has 2 rings (SSSR count). The summed E-state index contributed by atoms with van der Waals surface area (Å²) in [6, 6.07) is 9.28. The number of hydrogen-bond donors (Lipinski definition) is 0. The minimum atomic E-state index is -0.538. The van der Waals surface area contributed by atoms with E-state index in [1.807, 2.05) is 30.3 Å². The van der Waals surface area contributed by atoms with Gasteiger partial charge in [0.1, 0.15) is 12.0 Å². The van der Waals surface area contributed by atoms with E-state index in [-0.39, 0.29) is 11.9 Å². The number of ether oxygens (including phenoxy) is 2. The van der Waals surface area contributed by atoms with Crippen LogP contribution < -0.4 is 0 Å². The Labute approximate surface area is 99.5 Å². The fourth-order valence-corrected chi connectivity index (χ4v) is 1.99. The molecule has 1 aromatic carbocycles. The first-order valence-corrected chi connectivity index (χ1v) is 5.57. The third-order valence-electron chi connectivity index (χ3n) is 2.76. The smallest absolute Gasteiger partial charge is 0.313 e. The van der Waals surface area contributed by atoms with Crippen molar-refractivity contribution in [2.75, 3.05) is 6.61 Å². The summed E-state index contributed by atoms with van der Waals surface area (Å²) < 4.78 is 10.2. The highest BCUT2D eigenvalue weighted by atomic mass is 16.6. The quantitative estimate of drug-likeness (QED) is 0.749. The standard InChI is InChI=1S/C13H14O4/c1-9(14)17-12(10-5-3-2-4-6-10)11-7-8-16-13(11)15/h2-6,11-12H,7-8H2,1H3/t11-,12-/m1/s1. The van der Waals surface area contributed by atoms with Crippen molar-refractivity contribution >= 4 is 11.9 Å². The molecule has 1 aromatic rings. The van der Waals surface area contributed by atoms with Crippen molar-refractivity contribution in [3.05, 3.63) is 35.9 Å². The Kier molecular flexibility index (Phi) is 3.42. The van der Waals surface area contributed by atoms with Gasteiger partial charge in [-0.2, -0.15) is 0 Å². The average molecular weight is 234 g/mol. The summed E-state index contributed by atoms with van der Waals surface area (Å²) in [5, 5.41) is 0. The van der Waals surface area contributed by atoms with Crippen molar-refractivity contribution < 1.29 is 19.1 Å². The highest BCUT2D eigenvalue weighted by molar-refractivity contribution is 5.76. The summed E-state index contributed by atoms with van der Waals surface area (Å²) in [6.45, 7) is 1.74. The Morgan fingerprint density at radius 2 is 2.12 bits per heavy atom. The van der Waals surface area contributed by atoms with Crippen LogP contribution in [-0.2, 0) is 19.1 Å². The van der Waals surface area contributed by atoms with Gasteiger partial charge in [0.2, 0.25) is 0 Å². The summed E-state index contributed by atoms with van der Waals surface area (Å²) >= 11 is 0. The highest BCUT2D eigenvalue weighted by Gasteiger charge is 2.37. The summed E-state index contributed by atoms with van der Waals surface area (Å²) in [5.74, 6) is -1.07. The fourth-order valence-electron chi connectivity index (χ4n) is 1.99. The molecule has 90 valence electrons. The number of rotatable bonds is 3. The molecule has 0 aromatic heterocycles. The van der Waals surface area contributed by atoms with Gasteiger partial charge in [-0.15, -0.1) is 0 Å². The molecule has 0 unspecified atom stereocenters. The minimum absolute atomic E-state index is 0.292. The van der Waals surface area contributed by atoms with Crippen molar-refractivity contribution in [1.29, 1.82) is 0 Å². The Morgan fingerprint density at radius 1 is 1.41 bits per heavy atom. The van der Waals surface area contributed by atoms with Gasteiger partial charge < -0.3 is 9.47 Å². The van der Waals surface area contributed by atoms with Gasteiger partial charge in [0.25, 0.3) is 0 Å². The van der Waals surface area contributed by atoms with Crippen molar-refractivity contribution in [3.63, 3.8) is 0 Å². The third-order valence-corrected chi connectivity index (χ3v) is 2.76. The first kappa shape index (κ1) is 11.6. The maximum Gasteiger partial charge on any atom is 0.313 e. The highest BCUT2D eigenvalue weighted by Crippen LogP contribution is 2.32. The Hall–Kier alpha value is -1.84. The molecule has 1 aliphatic heterocycles. The molecule has 4 nitrogen and oxygen atoms in total. The third kappa shape index (κ3) is 2.64. The van der Waals surface area contributed by atoms with Crippen LogP contribution in [0.3, 0.4) is 0 Å². The van der Waals surface area contributed by atoms with Gasteiger partial charge >= 0.3 is 11.9 Å². The lowest BCUT2D eigenvalue weighted by Crippen LogP contribution is -2.22. The molecule has 0 bridgehead atoms. The number of carbonyl (C=O) groups is 2. The van der Waals surface area contributed by atoms with Gasteiger partial charge in [0, 0.05) is 6.92 Å². The molecule has 0 saturated carbocycles. The van der Waals surface area contributed by atoms with Crippen LogP contribution in [0.15, 0.2) is 30.3 Å². The normalized spacial score (nSPS) is 20.8. The monoisotopic (exact) mass is 234 g/mol. The molecule has 0 spiro atoms. The van der Waals surface area contributed by atoms with Gasteiger partial charge in [-0.25, -0.2) is 0 Å². The molecule has 4 heteroatoms. The van der Waals surface area contributed by atoms with E-state index >= 15 is 0 Å². The van der Waals surface area contributed by atoms with E-state index in [0.29, 0.717) is 13.0 Å². The van der Waals surface area contributed by atoms with Crippen molar-refractivity contribution in [3.8, 4) is 0 Å². The van der Waals surface area contributed by atoms with E-state index in [4.69, 9.17) is 9.47 Å². The molecule has 2 atom stereocenters. The molecule has 17 heavy (non-hydrogen) atoms. The van der Waals surface area contributed by atoms with Crippen LogP contribution in [0.5, 0.6) is 0 Å². The maximum atomic E-state index is 11.6. The van der Waals surface area contributed by atoms with Gasteiger partial charge in [-0.1, -0.05) is 30.3 Å². The number of cyclic esters (lactones) is 1. The number of carbonyl (C=O) groups excluding carboxylic acids is 2. The minimum Gasteiger partial charge on any atom is -0.465 e. The number of benzene rings is 1. The second kappa shape index (κ2) is 4.99. The van der Waals surface area contributed by atoms with Crippen molar-refractivity contribution in [2.45, 2.75) is 19.4 Å². The number of esters is 2. The zero-order valence-corrected chi connectivity index (χ0v) is 9.59. The van der Waals surface area contributed by atoms with E-state index in [1.165, 1.54) is 6.92 Å². The van der Waals surface area contributed by atoms with Crippen LogP contribution in [0.4, 0.5) is 0 Å². The topological polar surface area (TPSA) is 52.6 Å². The van der Waals surface area contributed by atoms with Gasteiger partial charge in [0.15, 0.2) is 0 Å². The van der Waals surface area contributed by atoms with E-state index < -0.39 is 12.1 Å². The Balaban J connectivity index is 2.25. The molecule has 1 heterocycles. The fraction of sp³-hybridized carbons (Fsp3) is 0.385. The lowest BCUT2D eigenvalue weighted by atomic mass is 9.94. The lowest BCUT2D eigenvalue weighted by Gasteiger charge is -2.20. The molecular weight excluding hydrogens is 220 g/mol. The van der Waals surface area contributed by atoms with Crippen LogP contribution >= 0.6 is 0 Å². The number of hydrogen-bond acceptors (Lipinski definition) is 4. The van der Waals surface area contributed by atoms with Crippen LogP contribution in [0.25, 0.3) is 0 Å². The Morgan fingerprint density at radius 3 is 2.65 bits per heavy atom. The molecule has 1 fully saturated rings. The molecule has 1 aliphatic rings. The molecule has 0 radical (unpaired) electrons. The molecule has 0 aliphatic carbocycles. The van der Waals surface area contributed by atoms with Gasteiger partial charge in [-0.05, 0) is 12.0 Å². The predicted octanol–water partition coefficient (Wildman–Crippen LogP) is 1.85. The zero-order valence-electron chi connectivity index (χ0n) is 9.59. The first-order valence-electron chi connectivity index (χ1n) is 5.57. The van der Waals surface area contributed by atoms with Crippen LogP contribution in [0.1, 0.15) is 25.0 Å². The molecule has 1 saturated heterocycles. The Bertz CT molecular complexity index is 413. The molecule has 0 amide bonds. The van der Waals surface area contributed by atoms with Gasteiger partial charge in [-0.3, -0.25) is 9.59 Å². The van der Waals surface area contributed by atoms with Crippen LogP contribution in [0, 0.1) is 5.92 Å². The SMILES string of the molecule is CC(=O)O[C@H](c1ccccc1)[C@H]1CCOC1=O. The average Bonchev–Trinajstić information content (AvgIpc) is 2.73. The largest absolute Gasteiger partial charge is 0.465 e. The zero-order chi connectivity index (χ0) is 12.3. The van der Waals surface area contributed by atoms with Crippen molar-refractivity contribution in [1.82, 2.24) is 0 Å². The van der Waals surface area contributed by atoms with E-state index in [2.05, 4.69) is 0 Å². The summed E-state index contributed by atoms with van der Waals surface area (Å²) in [7, 11) is 0. The van der Waals surface area contributed by atoms with E-state index in [1.54, 1.807) is 0 Å². The molecule has 0 N–H and O–H groups in total. The summed E-state index contributed by atoms with van der Waals surface area (Å²) in [4.78, 5) is 22.7. The molecular formula is C13H14O4. The van der Waals surface area contributed by atoms with Crippen LogP contribution in [0.2, 0.25) is 0 Å². The van der Waals surface area contributed by atoms with E-state index in [9.17, 15) is 9.59 Å². The van der Waals surface area contributed by atoms with Crippen molar-refractivity contribution in [2.24, 2.45) is 5.92 Å². The summed E-state index contributed by atoms with van der Waals surface area (Å²) in [6.07, 6.45) is 0.0507. The van der Waals surface area contributed by atoms with Crippen LogP contribution in [-0.4, -0.2) is 18.5 Å². The lowest BCUT2D eigenvalue weighted by molar-refractivity contribution is -0.155. The summed E-state index contributed by atoms with van der Waals surface area (Å²) in [5.41, 5.74) is 0.826.